The number of aromatic nitrogens is 2. The summed E-state index contributed by atoms with van der Waals surface area (Å²) in [5.41, 5.74) is 16.0. The summed E-state index contributed by atoms with van der Waals surface area (Å²) in [7, 11) is 0. The van der Waals surface area contributed by atoms with E-state index in [1.165, 1.54) is 6.07 Å². The number of primary amides is 1. The molecule has 0 bridgehead atoms. The number of thioether (sulfide) groups is 1. The van der Waals surface area contributed by atoms with E-state index in [0.717, 1.165) is 11.8 Å². The SMILES string of the molecule is CC(Sc1nc(N)cc(N)n1)C(N)=O. The standard InChI is InChI=1S/C7H11N5OS/c1-3(6(10)13)14-7-11-4(8)2-5(9)12-7/h2-3H,1H3,(H2,10,13)(H4,8,9,11,12). The van der Waals surface area contributed by atoms with Crippen molar-refractivity contribution >= 4 is 29.3 Å². The Bertz CT molecular complexity index is 336. The lowest BCUT2D eigenvalue weighted by atomic mass is 10.5. The fourth-order valence-corrected chi connectivity index (χ4v) is 1.48. The molecule has 7 heteroatoms. The first-order valence-electron chi connectivity index (χ1n) is 3.85. The molecule has 6 N–H and O–H groups in total. The monoisotopic (exact) mass is 213 g/mol. The Labute approximate surface area is 85.3 Å². The van der Waals surface area contributed by atoms with E-state index < -0.39 is 11.2 Å². The molecule has 1 amide bonds. The topological polar surface area (TPSA) is 121 Å². The molecule has 0 radical (unpaired) electrons. The number of nitrogen functional groups attached to an aromatic ring is 2. The average molecular weight is 213 g/mol. The zero-order valence-corrected chi connectivity index (χ0v) is 8.41. The van der Waals surface area contributed by atoms with Crippen molar-refractivity contribution < 1.29 is 4.79 Å². The normalized spacial score (nSPS) is 12.4. The molecule has 0 saturated carbocycles. The molecule has 1 unspecified atom stereocenters. The second-order valence-corrected chi connectivity index (χ2v) is 3.97. The number of nitrogens with two attached hydrogens (primary N) is 3. The third-order valence-corrected chi connectivity index (χ3v) is 2.41. The quantitative estimate of drug-likeness (QED) is 0.464. The van der Waals surface area contributed by atoms with Gasteiger partial charge in [-0.15, -0.1) is 0 Å². The van der Waals surface area contributed by atoms with Crippen molar-refractivity contribution in [2.75, 3.05) is 11.5 Å². The number of amides is 1. The number of rotatable bonds is 3. The smallest absolute Gasteiger partial charge is 0.230 e. The lowest BCUT2D eigenvalue weighted by Crippen LogP contribution is -2.22. The first-order chi connectivity index (χ1) is 6.49. The van der Waals surface area contributed by atoms with Crippen LogP contribution in [0.3, 0.4) is 0 Å². The summed E-state index contributed by atoms with van der Waals surface area (Å²) in [5.74, 6) is 0.118. The largest absolute Gasteiger partial charge is 0.383 e. The molecule has 0 aliphatic heterocycles. The van der Waals surface area contributed by atoms with Gasteiger partial charge in [-0.1, -0.05) is 11.8 Å². The molecule has 1 rings (SSSR count). The second-order valence-electron chi connectivity index (χ2n) is 2.66. The Balaban J connectivity index is 2.81. The van der Waals surface area contributed by atoms with Crippen molar-refractivity contribution in [3.8, 4) is 0 Å². The van der Waals surface area contributed by atoms with E-state index in [-0.39, 0.29) is 11.6 Å². The van der Waals surface area contributed by atoms with Crippen LogP contribution >= 0.6 is 11.8 Å². The number of nitrogens with zero attached hydrogens (tertiary/aromatic N) is 2. The summed E-state index contributed by atoms with van der Waals surface area (Å²) in [4.78, 5) is 18.6. The van der Waals surface area contributed by atoms with Crippen molar-refractivity contribution in [1.29, 1.82) is 0 Å². The fourth-order valence-electron chi connectivity index (χ4n) is 0.731. The summed E-state index contributed by atoms with van der Waals surface area (Å²) >= 11 is 1.12. The summed E-state index contributed by atoms with van der Waals surface area (Å²) < 4.78 is 0. The molecule has 0 fully saturated rings. The molecule has 1 heterocycles. The molecule has 76 valence electrons. The number of hydrogen-bond acceptors (Lipinski definition) is 6. The first kappa shape index (κ1) is 10.6. The predicted octanol–water partition coefficient (Wildman–Crippen LogP) is -0.393. The number of carbonyl (C=O) groups is 1. The molecule has 1 aromatic heterocycles. The van der Waals surface area contributed by atoms with E-state index in [0.29, 0.717) is 5.16 Å². The third-order valence-electron chi connectivity index (χ3n) is 1.43. The average Bonchev–Trinajstić information content (AvgIpc) is 2.01. The Kier molecular flexibility index (Phi) is 3.13. The molecule has 1 aromatic rings. The maximum absolute atomic E-state index is 10.8. The molecule has 0 aromatic carbocycles. The zero-order valence-electron chi connectivity index (χ0n) is 7.60. The van der Waals surface area contributed by atoms with Gasteiger partial charge in [-0.3, -0.25) is 4.79 Å². The van der Waals surface area contributed by atoms with Crippen molar-refractivity contribution in [3.63, 3.8) is 0 Å². The third kappa shape index (κ3) is 2.77. The summed E-state index contributed by atoms with van der Waals surface area (Å²) in [6, 6.07) is 1.44. The van der Waals surface area contributed by atoms with E-state index >= 15 is 0 Å². The Morgan fingerprint density at radius 1 is 1.43 bits per heavy atom. The molecule has 1 atom stereocenters. The Morgan fingerprint density at radius 2 is 1.93 bits per heavy atom. The molecular weight excluding hydrogens is 202 g/mol. The second kappa shape index (κ2) is 4.14. The van der Waals surface area contributed by atoms with Gasteiger partial charge in [-0.05, 0) is 6.92 Å². The maximum atomic E-state index is 10.8. The Morgan fingerprint density at radius 3 is 2.36 bits per heavy atom. The highest BCUT2D eigenvalue weighted by Gasteiger charge is 2.12. The lowest BCUT2D eigenvalue weighted by Gasteiger charge is -2.06. The number of carbonyl (C=O) groups excluding carboxylic acids is 1. The van der Waals surface area contributed by atoms with Crippen LogP contribution in [0.25, 0.3) is 0 Å². The van der Waals surface area contributed by atoms with Gasteiger partial charge in [0.1, 0.15) is 11.6 Å². The van der Waals surface area contributed by atoms with Gasteiger partial charge < -0.3 is 17.2 Å². The summed E-state index contributed by atoms with van der Waals surface area (Å²) in [5, 5.41) is -0.0509. The minimum atomic E-state index is -0.431. The van der Waals surface area contributed by atoms with E-state index in [4.69, 9.17) is 17.2 Å². The van der Waals surface area contributed by atoms with Gasteiger partial charge in [-0.25, -0.2) is 9.97 Å². The van der Waals surface area contributed by atoms with Crippen LogP contribution < -0.4 is 17.2 Å². The van der Waals surface area contributed by atoms with Crippen LogP contribution in [-0.4, -0.2) is 21.1 Å². The lowest BCUT2D eigenvalue weighted by molar-refractivity contribution is -0.117. The minimum Gasteiger partial charge on any atom is -0.383 e. The van der Waals surface area contributed by atoms with Gasteiger partial charge in [-0.2, -0.15) is 0 Å². The van der Waals surface area contributed by atoms with Gasteiger partial charge in [0.15, 0.2) is 5.16 Å². The van der Waals surface area contributed by atoms with E-state index in [1.807, 2.05) is 0 Å². The first-order valence-corrected chi connectivity index (χ1v) is 4.73. The Hall–Kier alpha value is -1.50. The van der Waals surface area contributed by atoms with Gasteiger partial charge >= 0.3 is 0 Å². The van der Waals surface area contributed by atoms with Crippen molar-refractivity contribution in [2.24, 2.45) is 5.73 Å². The van der Waals surface area contributed by atoms with Crippen LogP contribution in [0.1, 0.15) is 6.92 Å². The molecule has 0 aliphatic carbocycles. The van der Waals surface area contributed by atoms with Gasteiger partial charge in [0, 0.05) is 6.07 Å². The summed E-state index contributed by atoms with van der Waals surface area (Å²) in [6.45, 7) is 1.66. The van der Waals surface area contributed by atoms with Crippen LogP contribution in [0.5, 0.6) is 0 Å². The van der Waals surface area contributed by atoms with Gasteiger partial charge in [0.2, 0.25) is 5.91 Å². The summed E-state index contributed by atoms with van der Waals surface area (Å²) in [6.07, 6.45) is 0. The van der Waals surface area contributed by atoms with Crippen LogP contribution in [-0.2, 0) is 4.79 Å². The van der Waals surface area contributed by atoms with Crippen molar-refractivity contribution in [1.82, 2.24) is 9.97 Å². The highest BCUT2D eigenvalue weighted by Crippen LogP contribution is 2.20. The van der Waals surface area contributed by atoms with Crippen molar-refractivity contribution in [3.05, 3.63) is 6.07 Å². The molecule has 6 nitrogen and oxygen atoms in total. The molecular formula is C7H11N5OS. The van der Waals surface area contributed by atoms with Gasteiger partial charge in [0.05, 0.1) is 5.25 Å². The van der Waals surface area contributed by atoms with Crippen LogP contribution in [0.2, 0.25) is 0 Å². The highest BCUT2D eigenvalue weighted by atomic mass is 32.2. The molecule has 0 aliphatic rings. The molecule has 0 spiro atoms. The van der Waals surface area contributed by atoms with Gasteiger partial charge in [0.25, 0.3) is 0 Å². The van der Waals surface area contributed by atoms with Crippen LogP contribution in [0, 0.1) is 0 Å². The predicted molar refractivity (Wildman–Crippen MR) is 55.4 cm³/mol. The van der Waals surface area contributed by atoms with E-state index in [2.05, 4.69) is 9.97 Å². The molecule has 14 heavy (non-hydrogen) atoms. The minimum absolute atomic E-state index is 0.275. The maximum Gasteiger partial charge on any atom is 0.230 e. The fraction of sp³-hybridized carbons (Fsp3) is 0.286. The van der Waals surface area contributed by atoms with E-state index in [9.17, 15) is 4.79 Å². The van der Waals surface area contributed by atoms with Crippen LogP contribution in [0.4, 0.5) is 11.6 Å². The van der Waals surface area contributed by atoms with Crippen LogP contribution in [0.15, 0.2) is 11.2 Å². The number of hydrogen-bond donors (Lipinski definition) is 3. The highest BCUT2D eigenvalue weighted by molar-refractivity contribution is 8.00. The zero-order chi connectivity index (χ0) is 10.7. The number of anilines is 2. The van der Waals surface area contributed by atoms with Crippen molar-refractivity contribution in [2.45, 2.75) is 17.3 Å². The molecule has 0 saturated heterocycles. The van der Waals surface area contributed by atoms with E-state index in [1.54, 1.807) is 6.92 Å².